The Balaban J connectivity index is 1.81. The van der Waals surface area contributed by atoms with Gasteiger partial charge in [-0.05, 0) is 49.2 Å². The molecule has 2 rings (SSSR count). The highest BCUT2D eigenvalue weighted by molar-refractivity contribution is 9.10. The van der Waals surface area contributed by atoms with Gasteiger partial charge < -0.3 is 10.1 Å². The number of hydrogen-bond acceptors (Lipinski definition) is 4. The number of carbonyl (C=O) groups excluding carboxylic acids is 2. The lowest BCUT2D eigenvalue weighted by Gasteiger charge is -2.09. The maximum Gasteiger partial charge on any atom is 0.310 e. The van der Waals surface area contributed by atoms with Gasteiger partial charge in [-0.2, -0.15) is 0 Å². The van der Waals surface area contributed by atoms with Crippen LogP contribution in [0.5, 0.6) is 0 Å². The van der Waals surface area contributed by atoms with Crippen LogP contribution in [0.25, 0.3) is 0 Å². The van der Waals surface area contributed by atoms with Crippen LogP contribution in [0.15, 0.2) is 41.0 Å². The molecule has 0 aliphatic heterocycles. The summed E-state index contributed by atoms with van der Waals surface area (Å²) in [4.78, 5) is 27.7. The van der Waals surface area contributed by atoms with Crippen molar-refractivity contribution in [2.45, 2.75) is 20.3 Å². The van der Waals surface area contributed by atoms with Gasteiger partial charge in [-0.3, -0.25) is 14.6 Å². The Kier molecular flexibility index (Phi) is 5.87. The molecule has 0 saturated heterocycles. The van der Waals surface area contributed by atoms with Gasteiger partial charge in [0.05, 0.1) is 6.42 Å². The largest absolute Gasteiger partial charge is 0.455 e. The number of anilines is 1. The van der Waals surface area contributed by atoms with Crippen LogP contribution in [0.1, 0.15) is 16.8 Å². The van der Waals surface area contributed by atoms with Gasteiger partial charge in [0.25, 0.3) is 5.91 Å². The van der Waals surface area contributed by atoms with Gasteiger partial charge in [0, 0.05) is 22.1 Å². The molecule has 2 aromatic rings. The summed E-state index contributed by atoms with van der Waals surface area (Å²) in [6.45, 7) is 3.45. The van der Waals surface area contributed by atoms with Crippen molar-refractivity contribution in [3.63, 3.8) is 0 Å². The Bertz CT molecular complexity index is 714. The Morgan fingerprint density at radius 2 is 2.00 bits per heavy atom. The molecule has 1 aromatic heterocycles. The summed E-state index contributed by atoms with van der Waals surface area (Å²) < 4.78 is 5.92. The molecular formula is C17H17BrN2O3. The number of amides is 1. The number of pyridine rings is 1. The minimum Gasteiger partial charge on any atom is -0.455 e. The molecule has 23 heavy (non-hydrogen) atoms. The number of ether oxygens (including phenoxy) is 1. The number of benzene rings is 1. The van der Waals surface area contributed by atoms with Crippen LogP contribution in [-0.4, -0.2) is 23.5 Å². The lowest BCUT2D eigenvalue weighted by Crippen LogP contribution is -2.22. The third-order valence-electron chi connectivity index (χ3n) is 3.15. The van der Waals surface area contributed by atoms with Crippen molar-refractivity contribution in [3.8, 4) is 0 Å². The van der Waals surface area contributed by atoms with Gasteiger partial charge in [-0.15, -0.1) is 0 Å². The van der Waals surface area contributed by atoms with Gasteiger partial charge in [0.15, 0.2) is 6.61 Å². The normalized spacial score (nSPS) is 10.2. The minimum atomic E-state index is -0.460. The highest BCUT2D eigenvalue weighted by Gasteiger charge is 2.10. The molecular weight excluding hydrogens is 360 g/mol. The van der Waals surface area contributed by atoms with Crippen LogP contribution in [0.4, 0.5) is 5.69 Å². The topological polar surface area (TPSA) is 68.3 Å². The molecule has 1 N–H and O–H groups in total. The van der Waals surface area contributed by atoms with Crippen molar-refractivity contribution in [2.75, 3.05) is 11.9 Å². The van der Waals surface area contributed by atoms with Crippen molar-refractivity contribution < 1.29 is 14.3 Å². The average molecular weight is 377 g/mol. The standard InChI is InChI=1S/C17H17BrN2O3/c1-11-7-14(18)5-6-15(11)20-16(21)10-23-17(22)8-13-4-3-12(2)19-9-13/h3-7,9H,8,10H2,1-2H3,(H,20,21). The van der Waals surface area contributed by atoms with E-state index in [1.54, 1.807) is 12.3 Å². The van der Waals surface area contributed by atoms with E-state index in [9.17, 15) is 9.59 Å². The monoisotopic (exact) mass is 376 g/mol. The van der Waals surface area contributed by atoms with Crippen LogP contribution in [-0.2, 0) is 20.7 Å². The van der Waals surface area contributed by atoms with E-state index in [4.69, 9.17) is 4.74 Å². The molecule has 0 bridgehead atoms. The summed E-state index contributed by atoms with van der Waals surface area (Å²) >= 11 is 3.36. The van der Waals surface area contributed by atoms with Gasteiger partial charge in [0.1, 0.15) is 0 Å². The average Bonchev–Trinajstić information content (AvgIpc) is 2.50. The van der Waals surface area contributed by atoms with Crippen molar-refractivity contribution >= 4 is 33.5 Å². The Hall–Kier alpha value is -2.21. The summed E-state index contributed by atoms with van der Waals surface area (Å²) in [5, 5.41) is 2.71. The molecule has 0 unspecified atom stereocenters. The SMILES string of the molecule is Cc1ccc(CC(=O)OCC(=O)Nc2ccc(Br)cc2C)cn1. The first-order valence-electron chi connectivity index (χ1n) is 7.07. The summed E-state index contributed by atoms with van der Waals surface area (Å²) in [6, 6.07) is 9.16. The number of aryl methyl sites for hydroxylation is 2. The lowest BCUT2D eigenvalue weighted by molar-refractivity contribution is -0.146. The maximum absolute atomic E-state index is 11.8. The molecule has 1 aromatic carbocycles. The van der Waals surface area contributed by atoms with Gasteiger partial charge in [0.2, 0.25) is 0 Å². The number of nitrogens with one attached hydrogen (secondary N) is 1. The summed E-state index contributed by atoms with van der Waals surface area (Å²) in [5.74, 6) is -0.830. The van der Waals surface area contributed by atoms with E-state index in [-0.39, 0.29) is 18.9 Å². The fourth-order valence-corrected chi connectivity index (χ4v) is 2.40. The summed E-state index contributed by atoms with van der Waals surface area (Å²) in [7, 11) is 0. The zero-order chi connectivity index (χ0) is 16.8. The number of rotatable bonds is 5. The zero-order valence-corrected chi connectivity index (χ0v) is 14.5. The molecule has 0 fully saturated rings. The molecule has 0 aliphatic carbocycles. The fraction of sp³-hybridized carbons (Fsp3) is 0.235. The first-order valence-corrected chi connectivity index (χ1v) is 7.86. The van der Waals surface area contributed by atoms with Crippen LogP contribution < -0.4 is 5.32 Å². The molecule has 0 spiro atoms. The van der Waals surface area contributed by atoms with E-state index < -0.39 is 5.97 Å². The maximum atomic E-state index is 11.8. The number of aromatic nitrogens is 1. The number of carbonyl (C=O) groups is 2. The highest BCUT2D eigenvalue weighted by Crippen LogP contribution is 2.19. The Morgan fingerprint density at radius 1 is 1.22 bits per heavy atom. The second-order valence-corrected chi connectivity index (χ2v) is 6.07. The van der Waals surface area contributed by atoms with E-state index in [0.29, 0.717) is 5.69 Å². The molecule has 0 atom stereocenters. The van der Waals surface area contributed by atoms with Crippen molar-refractivity contribution in [1.29, 1.82) is 0 Å². The molecule has 0 radical (unpaired) electrons. The molecule has 5 nitrogen and oxygen atoms in total. The third kappa shape index (κ3) is 5.49. The predicted molar refractivity (Wildman–Crippen MR) is 91.1 cm³/mol. The molecule has 1 heterocycles. The minimum absolute atomic E-state index is 0.0951. The van der Waals surface area contributed by atoms with Gasteiger partial charge >= 0.3 is 5.97 Å². The quantitative estimate of drug-likeness (QED) is 0.813. The summed E-state index contributed by atoms with van der Waals surface area (Å²) in [5.41, 5.74) is 3.25. The number of hydrogen-bond donors (Lipinski definition) is 1. The predicted octanol–water partition coefficient (Wildman–Crippen LogP) is 3.19. The van der Waals surface area contributed by atoms with Gasteiger partial charge in [-0.25, -0.2) is 0 Å². The van der Waals surface area contributed by atoms with E-state index in [2.05, 4.69) is 26.2 Å². The van der Waals surface area contributed by atoms with E-state index >= 15 is 0 Å². The number of nitrogens with zero attached hydrogens (tertiary/aromatic N) is 1. The van der Waals surface area contributed by atoms with Gasteiger partial charge in [-0.1, -0.05) is 22.0 Å². The lowest BCUT2D eigenvalue weighted by atomic mass is 10.2. The van der Waals surface area contributed by atoms with Crippen LogP contribution >= 0.6 is 15.9 Å². The first kappa shape index (κ1) is 17.1. The third-order valence-corrected chi connectivity index (χ3v) is 3.64. The van der Waals surface area contributed by atoms with Crippen LogP contribution in [0, 0.1) is 13.8 Å². The molecule has 6 heteroatoms. The van der Waals surface area contributed by atoms with Crippen molar-refractivity contribution in [3.05, 3.63) is 57.8 Å². The van der Waals surface area contributed by atoms with E-state index in [1.165, 1.54) is 0 Å². The Labute approximate surface area is 143 Å². The molecule has 1 amide bonds. The number of halogens is 1. The fourth-order valence-electron chi connectivity index (χ4n) is 1.92. The van der Waals surface area contributed by atoms with E-state index in [0.717, 1.165) is 21.3 Å². The van der Waals surface area contributed by atoms with Crippen LogP contribution in [0.3, 0.4) is 0 Å². The molecule has 120 valence electrons. The molecule has 0 saturated carbocycles. The number of esters is 1. The van der Waals surface area contributed by atoms with Crippen molar-refractivity contribution in [1.82, 2.24) is 4.98 Å². The highest BCUT2D eigenvalue weighted by atomic mass is 79.9. The molecule has 0 aliphatic rings. The zero-order valence-electron chi connectivity index (χ0n) is 12.9. The van der Waals surface area contributed by atoms with Crippen molar-refractivity contribution in [2.24, 2.45) is 0 Å². The van der Waals surface area contributed by atoms with E-state index in [1.807, 2.05) is 38.1 Å². The first-order chi connectivity index (χ1) is 10.9. The smallest absolute Gasteiger partial charge is 0.310 e. The summed E-state index contributed by atoms with van der Waals surface area (Å²) in [6.07, 6.45) is 1.72. The second-order valence-electron chi connectivity index (χ2n) is 5.15. The second kappa shape index (κ2) is 7.87. The van der Waals surface area contributed by atoms with Crippen LogP contribution in [0.2, 0.25) is 0 Å². The Morgan fingerprint density at radius 3 is 2.65 bits per heavy atom.